The summed E-state index contributed by atoms with van der Waals surface area (Å²) >= 11 is 0. The molecule has 1 aromatic heterocycles. The Balaban J connectivity index is 1.09. The quantitative estimate of drug-likeness (QED) is 0.167. The Morgan fingerprint density at radius 2 is 1.47 bits per heavy atom. The first-order chi connectivity index (χ1) is 28.2. The van der Waals surface area contributed by atoms with Crippen molar-refractivity contribution in [2.45, 2.75) is 44.1 Å². The maximum Gasteiger partial charge on any atom is 0.132 e. The second kappa shape index (κ2) is 15.3. The van der Waals surface area contributed by atoms with Crippen LogP contribution in [0.2, 0.25) is 0 Å². The molecule has 4 nitrogen and oxygen atoms in total. The number of aromatic nitrogens is 1. The molecule has 2 aliphatic heterocycles. The van der Waals surface area contributed by atoms with E-state index < -0.39 is 0 Å². The lowest BCUT2D eigenvalue weighted by Crippen LogP contribution is -2.35. The number of aliphatic imine (C=N–C) groups is 2. The predicted molar refractivity (Wildman–Crippen MR) is 238 cm³/mol. The molecular weight excluding hydrogens is 693 g/mol. The highest BCUT2D eigenvalue weighted by atomic mass is 15.2. The van der Waals surface area contributed by atoms with Crippen LogP contribution in [0.15, 0.2) is 173 Å². The van der Waals surface area contributed by atoms with Gasteiger partial charge in [0.25, 0.3) is 0 Å². The van der Waals surface area contributed by atoms with E-state index in [9.17, 15) is 0 Å². The summed E-state index contributed by atoms with van der Waals surface area (Å²) in [5.74, 6) is 1.73. The Morgan fingerprint density at radius 3 is 2.32 bits per heavy atom. The summed E-state index contributed by atoms with van der Waals surface area (Å²) in [5, 5.41) is 0. The van der Waals surface area contributed by atoms with E-state index in [1.54, 1.807) is 0 Å². The van der Waals surface area contributed by atoms with Crippen LogP contribution in [0.3, 0.4) is 0 Å². The van der Waals surface area contributed by atoms with Crippen molar-refractivity contribution in [1.82, 2.24) is 9.88 Å². The smallest absolute Gasteiger partial charge is 0.132 e. The van der Waals surface area contributed by atoms with Gasteiger partial charge in [0.1, 0.15) is 5.84 Å². The van der Waals surface area contributed by atoms with Crippen LogP contribution >= 0.6 is 0 Å². The van der Waals surface area contributed by atoms with Crippen LogP contribution in [0.5, 0.6) is 0 Å². The van der Waals surface area contributed by atoms with Gasteiger partial charge in [-0.15, -0.1) is 0 Å². The third-order valence-corrected chi connectivity index (χ3v) is 12.3. The molecule has 0 radical (unpaired) electrons. The number of nitrogens with zero attached hydrogens (tertiary/aromatic N) is 4. The maximum atomic E-state index is 5.60. The molecule has 3 unspecified atom stereocenters. The average molecular weight is 739 g/mol. The maximum absolute atomic E-state index is 5.60. The van der Waals surface area contributed by atoms with E-state index in [0.29, 0.717) is 11.8 Å². The van der Waals surface area contributed by atoms with E-state index in [4.69, 9.17) is 9.98 Å². The number of allylic oxidation sites excluding steroid dienone is 6. The van der Waals surface area contributed by atoms with Crippen molar-refractivity contribution < 1.29 is 0 Å². The highest BCUT2D eigenvalue weighted by molar-refractivity contribution is 6.09. The number of dihydropyridines is 1. The fraction of sp³-hybridized carbons (Fsp3) is 0.189. The molecule has 3 atom stereocenters. The lowest BCUT2D eigenvalue weighted by atomic mass is 9.72. The van der Waals surface area contributed by atoms with E-state index >= 15 is 0 Å². The van der Waals surface area contributed by atoms with Crippen LogP contribution in [0.25, 0.3) is 34.7 Å². The average Bonchev–Trinajstić information content (AvgIpc) is 3.29. The number of pyridine rings is 1. The van der Waals surface area contributed by atoms with Gasteiger partial charge in [-0.3, -0.25) is 9.98 Å². The van der Waals surface area contributed by atoms with E-state index in [0.717, 1.165) is 78.3 Å². The topological polar surface area (TPSA) is 40.9 Å². The number of benzene rings is 4. The monoisotopic (exact) mass is 738 g/mol. The minimum Gasteiger partial charge on any atom is -0.349 e. The number of hydrogen-bond acceptors (Lipinski definition) is 4. The molecule has 0 bridgehead atoms. The molecule has 0 fully saturated rings. The second-order valence-corrected chi connectivity index (χ2v) is 15.8. The molecule has 0 spiro atoms. The van der Waals surface area contributed by atoms with Crippen molar-refractivity contribution in [2.24, 2.45) is 15.9 Å². The van der Waals surface area contributed by atoms with E-state index in [1.807, 2.05) is 18.3 Å². The largest absolute Gasteiger partial charge is 0.349 e. The zero-order valence-corrected chi connectivity index (χ0v) is 32.4. The lowest BCUT2D eigenvalue weighted by Gasteiger charge is -2.38. The van der Waals surface area contributed by atoms with E-state index in [2.05, 4.69) is 169 Å². The van der Waals surface area contributed by atoms with Crippen molar-refractivity contribution in [3.63, 3.8) is 0 Å². The molecule has 4 heteroatoms. The van der Waals surface area contributed by atoms with Gasteiger partial charge in [0.2, 0.25) is 0 Å². The van der Waals surface area contributed by atoms with Crippen molar-refractivity contribution in [2.75, 3.05) is 13.6 Å². The van der Waals surface area contributed by atoms with Gasteiger partial charge in [-0.05, 0) is 130 Å². The molecule has 0 saturated carbocycles. The first-order valence-electron chi connectivity index (χ1n) is 20.5. The first kappa shape index (κ1) is 35.1. The van der Waals surface area contributed by atoms with Gasteiger partial charge in [0.15, 0.2) is 0 Å². The van der Waals surface area contributed by atoms with Crippen molar-refractivity contribution in [1.29, 1.82) is 0 Å². The Kier molecular flexibility index (Phi) is 9.39. The van der Waals surface area contributed by atoms with Crippen LogP contribution in [0.4, 0.5) is 0 Å². The number of rotatable bonds is 7. The minimum absolute atomic E-state index is 0.0116. The van der Waals surface area contributed by atoms with Gasteiger partial charge in [-0.25, -0.2) is 4.99 Å². The fourth-order valence-electron chi connectivity index (χ4n) is 9.34. The summed E-state index contributed by atoms with van der Waals surface area (Å²) < 4.78 is 0. The van der Waals surface area contributed by atoms with Crippen LogP contribution in [-0.2, 0) is 6.42 Å². The zero-order chi connectivity index (χ0) is 38.1. The molecule has 5 aromatic rings. The molecule has 3 aliphatic carbocycles. The van der Waals surface area contributed by atoms with Crippen LogP contribution < -0.4 is 0 Å². The van der Waals surface area contributed by atoms with Gasteiger partial charge in [0.05, 0.1) is 23.1 Å². The van der Waals surface area contributed by atoms with Crippen molar-refractivity contribution in [3.05, 3.63) is 208 Å². The predicted octanol–water partition coefficient (Wildman–Crippen LogP) is 12.1. The number of likely N-dealkylation sites (N-methyl/N-ethyl adjacent to an activating group) is 1. The lowest BCUT2D eigenvalue weighted by molar-refractivity contribution is 0.427. The Hall–Kier alpha value is -6.39. The van der Waals surface area contributed by atoms with Gasteiger partial charge >= 0.3 is 0 Å². The molecule has 3 heterocycles. The number of fused-ring (bicyclic) bond motifs is 2. The van der Waals surface area contributed by atoms with Gasteiger partial charge in [-0.1, -0.05) is 134 Å². The van der Waals surface area contributed by atoms with Crippen LogP contribution in [0.1, 0.15) is 82.2 Å². The van der Waals surface area contributed by atoms with Gasteiger partial charge in [0, 0.05) is 25.4 Å². The summed E-state index contributed by atoms with van der Waals surface area (Å²) in [5.41, 5.74) is 17.1. The third-order valence-electron chi connectivity index (χ3n) is 12.3. The highest BCUT2D eigenvalue weighted by Crippen LogP contribution is 2.45. The van der Waals surface area contributed by atoms with Crippen molar-refractivity contribution >= 4 is 35.0 Å². The molecule has 57 heavy (non-hydrogen) atoms. The summed E-state index contributed by atoms with van der Waals surface area (Å²) in [6.45, 7) is 0.849. The summed E-state index contributed by atoms with van der Waals surface area (Å²) in [6, 6.07) is 39.6. The van der Waals surface area contributed by atoms with Crippen LogP contribution in [-0.4, -0.2) is 35.0 Å². The number of amidine groups is 1. The highest BCUT2D eigenvalue weighted by Gasteiger charge is 2.33. The molecule has 0 saturated heterocycles. The zero-order valence-electron chi connectivity index (χ0n) is 32.4. The Morgan fingerprint density at radius 1 is 0.684 bits per heavy atom. The summed E-state index contributed by atoms with van der Waals surface area (Å²) in [6.07, 6.45) is 28.0. The van der Waals surface area contributed by atoms with E-state index in [1.165, 1.54) is 44.5 Å². The molecular formula is C53H46N4. The molecule has 278 valence electrons. The Bertz CT molecular complexity index is 2580. The summed E-state index contributed by atoms with van der Waals surface area (Å²) in [4.78, 5) is 17.4. The standard InChI is InChI=1S/C53H46N4/c1-57-52(41-28-26-39(27-29-41)50-21-7-9-31-55-50)35-51(40-24-22-38(23-25-40)49-20-6-8-30-54-49)56-53(57)44-33-42(47-18-10-14-36-12-2-4-16-45(36)47)32-43(34-44)48-19-11-15-37-13-3-5-17-46(37)48/h2-4,6-8,10-16,19-30,32,34-35,42,47,52H,5,9,17-18,31,33H2,1H3. The van der Waals surface area contributed by atoms with Crippen LogP contribution in [0, 0.1) is 5.92 Å². The van der Waals surface area contributed by atoms with E-state index in [-0.39, 0.29) is 6.04 Å². The fourth-order valence-corrected chi connectivity index (χ4v) is 9.34. The van der Waals surface area contributed by atoms with Gasteiger partial charge < -0.3 is 4.90 Å². The minimum atomic E-state index is -0.0116. The molecule has 5 aliphatic rings. The molecule has 10 rings (SSSR count). The first-order valence-corrected chi connectivity index (χ1v) is 20.5. The van der Waals surface area contributed by atoms with Crippen molar-refractivity contribution in [3.8, 4) is 11.3 Å². The summed E-state index contributed by atoms with van der Waals surface area (Å²) in [7, 11) is 2.23. The Labute approximate surface area is 336 Å². The normalized spacial score (nSPS) is 21.1. The molecule has 0 amide bonds. The van der Waals surface area contributed by atoms with Gasteiger partial charge in [-0.2, -0.15) is 0 Å². The molecule has 0 N–H and O–H groups in total. The second-order valence-electron chi connectivity index (χ2n) is 15.8. The molecule has 4 aromatic carbocycles. The number of hydrogen-bond donors (Lipinski definition) is 0. The SMILES string of the molecule is CN1C(C2=CC(c3cccc4c3CCC=C4)=CC(C3CC=Cc4ccccc43)C2)=NC(c2ccc(-c3ccccn3)cc2)=CC1c1ccc(C2=NCCC=C2)cc1. The third kappa shape index (κ3) is 6.91.